The number of benzene rings is 1. The number of nitrogens with one attached hydrogen (secondary N) is 2. The fourth-order valence-electron chi connectivity index (χ4n) is 0.953. The molecule has 20 heavy (non-hydrogen) atoms. The van der Waals surface area contributed by atoms with Gasteiger partial charge in [-0.2, -0.15) is 0 Å². The smallest absolute Gasteiger partial charge is 0.303 e. The van der Waals surface area contributed by atoms with Crippen molar-refractivity contribution in [1.82, 2.24) is 10.6 Å². The number of aliphatic carboxylic acids is 1. The predicted octanol–water partition coefficient (Wildman–Crippen LogP) is 0.672. The molecule has 1 aromatic rings. The Bertz CT molecular complexity index is 906. The summed E-state index contributed by atoms with van der Waals surface area (Å²) >= 11 is 0. The zero-order chi connectivity index (χ0) is 24.7. The molecule has 0 unspecified atom stereocenters. The molecule has 0 aliphatic heterocycles. The maximum Gasteiger partial charge on any atom is 0.303 e. The quantitative estimate of drug-likeness (QED) is 0.687. The molecular weight excluding hydrogens is 260 g/mol. The van der Waals surface area contributed by atoms with Crippen molar-refractivity contribution in [2.24, 2.45) is 0 Å². The summed E-state index contributed by atoms with van der Waals surface area (Å²) in [7, 11) is 0. The van der Waals surface area contributed by atoms with Crippen LogP contribution in [0.15, 0.2) is 30.2 Å². The third kappa shape index (κ3) is 5.99. The summed E-state index contributed by atoms with van der Waals surface area (Å²) < 4.78 is 83.3. The molecule has 0 fully saturated rings. The van der Waals surface area contributed by atoms with Crippen LogP contribution < -0.4 is 10.6 Å². The lowest BCUT2D eigenvalue weighted by atomic mass is 10.2. The Labute approximate surface area is 132 Å². The van der Waals surface area contributed by atoms with Crippen molar-refractivity contribution < 1.29 is 34.6 Å². The fourth-order valence-corrected chi connectivity index (χ4v) is 0.953. The Hall–Kier alpha value is -2.37. The van der Waals surface area contributed by atoms with E-state index < -0.39 is 78.8 Å². The van der Waals surface area contributed by atoms with Crippen molar-refractivity contribution in [3.05, 3.63) is 35.8 Å². The number of carbonyl (C=O) groups excluding carboxylic acids is 2. The Balaban J connectivity index is 3.14. The van der Waals surface area contributed by atoms with Gasteiger partial charge in [0.05, 0.1) is 16.0 Å². The minimum absolute atomic E-state index is 0.781. The van der Waals surface area contributed by atoms with E-state index in [2.05, 4.69) is 0 Å². The molecule has 0 bridgehead atoms. The first kappa shape index (κ1) is 5.95. The van der Waals surface area contributed by atoms with E-state index in [0.29, 0.717) is 0 Å². The average molecular weight is 289 g/mol. The molecule has 1 rings (SSSR count). The number of amides is 2. The highest BCUT2D eigenvalue weighted by atomic mass is 16.4. The second-order valence-electron chi connectivity index (χ2n) is 3.36. The number of carboxylic acids is 1. The molecule has 0 aliphatic carbocycles. The van der Waals surface area contributed by atoms with E-state index in [1.807, 2.05) is 0 Å². The van der Waals surface area contributed by atoms with E-state index in [4.69, 9.17) is 20.2 Å². The summed E-state index contributed by atoms with van der Waals surface area (Å²) in [6.45, 7) is -2.06. The van der Waals surface area contributed by atoms with Gasteiger partial charge in [-0.1, -0.05) is 30.2 Å². The molecule has 0 saturated carbocycles. The lowest BCUT2D eigenvalue weighted by Gasteiger charge is -2.13. The molecule has 0 aromatic heterocycles. The van der Waals surface area contributed by atoms with E-state index in [1.54, 1.807) is 10.6 Å². The number of carbonyl (C=O) groups is 3. The summed E-state index contributed by atoms with van der Waals surface area (Å²) in [4.78, 5) is 35.2. The van der Waals surface area contributed by atoms with Gasteiger partial charge in [0.2, 0.25) is 11.8 Å². The van der Waals surface area contributed by atoms with Crippen molar-refractivity contribution in [3.63, 3.8) is 0 Å². The Morgan fingerprint density at radius 3 is 2.55 bits per heavy atom. The van der Waals surface area contributed by atoms with E-state index in [-0.39, 0.29) is 0 Å². The third-order valence-corrected chi connectivity index (χ3v) is 1.83. The maximum absolute atomic E-state index is 12.3. The monoisotopic (exact) mass is 289 g/mol. The van der Waals surface area contributed by atoms with E-state index in [0.717, 1.165) is 6.92 Å². The third-order valence-electron chi connectivity index (χ3n) is 1.83. The lowest BCUT2D eigenvalue weighted by Crippen LogP contribution is -2.44. The van der Waals surface area contributed by atoms with Gasteiger partial charge in [0, 0.05) is 18.4 Å². The predicted molar refractivity (Wildman–Crippen MR) is 72.8 cm³/mol. The lowest BCUT2D eigenvalue weighted by molar-refractivity contribution is -0.139. The molecule has 0 aliphatic rings. The fraction of sp³-hybridized carbons (Fsp3) is 0.357. The summed E-state index contributed by atoms with van der Waals surface area (Å²) in [5.41, 5.74) is -0.886. The van der Waals surface area contributed by atoms with Crippen LogP contribution in [0.4, 0.5) is 0 Å². The molecule has 0 radical (unpaired) electrons. The van der Waals surface area contributed by atoms with Crippen LogP contribution in [0, 0.1) is 0 Å². The van der Waals surface area contributed by atoms with Gasteiger partial charge in [0.1, 0.15) is 6.04 Å². The van der Waals surface area contributed by atoms with Gasteiger partial charge in [0.15, 0.2) is 0 Å². The van der Waals surface area contributed by atoms with Crippen LogP contribution in [0.5, 0.6) is 0 Å². The number of hydrogen-bond donors (Lipinski definition) is 3. The second kappa shape index (κ2) is 7.93. The highest BCUT2D eigenvalue weighted by Gasteiger charge is 2.15. The Morgan fingerprint density at radius 2 is 1.95 bits per heavy atom. The second-order valence-corrected chi connectivity index (χ2v) is 3.36. The molecular formula is C14H18N2O4. The van der Waals surface area contributed by atoms with Gasteiger partial charge in [0.25, 0.3) is 0 Å². The van der Waals surface area contributed by atoms with Crippen molar-refractivity contribution in [2.75, 3.05) is 0 Å². The van der Waals surface area contributed by atoms with Gasteiger partial charge in [-0.25, -0.2) is 0 Å². The molecule has 0 saturated heterocycles. The van der Waals surface area contributed by atoms with Gasteiger partial charge in [-0.3, -0.25) is 14.4 Å². The zero-order valence-electron chi connectivity index (χ0n) is 21.2. The minimum Gasteiger partial charge on any atom is -0.481 e. The largest absolute Gasteiger partial charge is 0.481 e. The van der Waals surface area contributed by atoms with E-state index in [1.165, 1.54) is 0 Å². The van der Waals surface area contributed by atoms with E-state index >= 15 is 0 Å². The molecule has 0 heterocycles. The summed E-state index contributed by atoms with van der Waals surface area (Å²) in [5, 5.41) is 12.2. The Kier molecular flexibility index (Phi) is 2.36. The first-order valence-corrected chi connectivity index (χ1v) is 5.24. The molecule has 6 nitrogen and oxygen atoms in total. The standard InChI is InChI=1S/C14H18N2O4/c1-10(16-12(17)7-8-13(18)19)14(20)15-9-11-5-3-2-4-6-11/h2-6,10H,7-9H2,1H3,(H,15,20)(H,16,17)(H,18,19)/t10-/m0/s1/i2D,3D,4D,5D,6D,7D2,8D2,9D2. The van der Waals surface area contributed by atoms with Crippen LogP contribution in [-0.4, -0.2) is 28.9 Å². The highest BCUT2D eigenvalue weighted by molar-refractivity contribution is 5.88. The van der Waals surface area contributed by atoms with Crippen LogP contribution in [0.1, 0.15) is 40.3 Å². The maximum atomic E-state index is 12.3. The normalized spacial score (nSPS) is 21.6. The number of rotatable bonds is 7. The average Bonchev–Trinajstić information content (AvgIpc) is 2.63. The van der Waals surface area contributed by atoms with Crippen molar-refractivity contribution >= 4 is 17.8 Å². The van der Waals surface area contributed by atoms with Crippen LogP contribution in [0.2, 0.25) is 0 Å². The topological polar surface area (TPSA) is 95.5 Å². The van der Waals surface area contributed by atoms with Crippen LogP contribution in [0.3, 0.4) is 0 Å². The summed E-state index contributed by atoms with van der Waals surface area (Å²) in [5.74, 6) is -5.38. The van der Waals surface area contributed by atoms with Crippen LogP contribution in [0.25, 0.3) is 0 Å². The van der Waals surface area contributed by atoms with Gasteiger partial charge in [-0.15, -0.1) is 0 Å². The highest BCUT2D eigenvalue weighted by Crippen LogP contribution is 1.98. The van der Waals surface area contributed by atoms with Gasteiger partial charge >= 0.3 is 5.97 Å². The molecule has 3 N–H and O–H groups in total. The zero-order valence-corrected chi connectivity index (χ0v) is 10.2. The van der Waals surface area contributed by atoms with Crippen molar-refractivity contribution in [3.8, 4) is 0 Å². The molecule has 1 atom stereocenters. The van der Waals surface area contributed by atoms with E-state index in [9.17, 15) is 14.4 Å². The van der Waals surface area contributed by atoms with Crippen molar-refractivity contribution in [1.29, 1.82) is 0 Å². The minimum atomic E-state index is -3.64. The first-order valence-electron chi connectivity index (χ1n) is 10.7. The first-order chi connectivity index (χ1) is 13.8. The molecule has 0 spiro atoms. The van der Waals surface area contributed by atoms with Gasteiger partial charge in [-0.05, 0) is 12.5 Å². The van der Waals surface area contributed by atoms with Crippen LogP contribution >= 0.6 is 0 Å². The Morgan fingerprint density at radius 1 is 1.30 bits per heavy atom. The number of hydrogen-bond acceptors (Lipinski definition) is 3. The van der Waals surface area contributed by atoms with Gasteiger partial charge < -0.3 is 15.7 Å². The molecule has 108 valence electrons. The molecule has 1 aromatic carbocycles. The summed E-state index contributed by atoms with van der Waals surface area (Å²) in [6, 6.07) is -6.03. The summed E-state index contributed by atoms with van der Waals surface area (Å²) in [6.07, 6.45) is -7.24. The SMILES string of the molecule is [2H]c1c([2H])c([2H])c(C([2H])([2H])NC(=O)[C@H](C)NC(=O)C([2H])([2H])C([2H])([2H])C(=O)O)c([2H])c1[2H]. The molecule has 2 amide bonds. The van der Waals surface area contributed by atoms with Crippen molar-refractivity contribution in [2.45, 2.75) is 32.2 Å². The van der Waals surface area contributed by atoms with Crippen LogP contribution in [-0.2, 0) is 20.9 Å². The molecule has 6 heteroatoms. The number of carboxylic acid groups (broad SMARTS) is 1.